The number of ether oxygens (including phenoxy) is 1. The van der Waals surface area contributed by atoms with E-state index in [2.05, 4.69) is 24.5 Å². The standard InChI is InChI=1S/C27H26F4O2.C3H6/c1-16(24(28)25(29)17(2)33-3)4-5-18-6-8-19(9-7-18)22-14-15-23(27(31)26(22)30)20-10-12-21(32)13-11-20;1-3-2/h4-9,14-15,20-21,32H,1-2,10-13H2,3H3;3H,1H2,2H3/b5-4+,25-24-;. The quantitative estimate of drug-likeness (QED) is 0.178. The van der Waals surface area contributed by atoms with Gasteiger partial charge in [-0.2, -0.15) is 4.39 Å². The van der Waals surface area contributed by atoms with Crippen LogP contribution in [-0.4, -0.2) is 18.3 Å². The molecule has 2 aromatic carbocycles. The van der Waals surface area contributed by atoms with Gasteiger partial charge in [-0.25, -0.2) is 13.2 Å². The predicted octanol–water partition coefficient (Wildman–Crippen LogP) is 8.72. The van der Waals surface area contributed by atoms with E-state index in [9.17, 15) is 22.7 Å². The average Bonchev–Trinajstić information content (AvgIpc) is 2.89. The topological polar surface area (TPSA) is 29.5 Å². The van der Waals surface area contributed by atoms with Crippen molar-refractivity contribution in [2.75, 3.05) is 7.11 Å². The van der Waals surface area contributed by atoms with Gasteiger partial charge in [0.15, 0.2) is 17.5 Å². The van der Waals surface area contributed by atoms with E-state index in [1.165, 1.54) is 19.3 Å². The van der Waals surface area contributed by atoms with Crippen LogP contribution < -0.4 is 0 Å². The molecule has 0 unspecified atom stereocenters. The molecule has 1 saturated carbocycles. The molecule has 3 rings (SSSR count). The summed E-state index contributed by atoms with van der Waals surface area (Å²) in [5.74, 6) is -4.70. The fourth-order valence-corrected chi connectivity index (χ4v) is 3.89. The van der Waals surface area contributed by atoms with Gasteiger partial charge < -0.3 is 9.84 Å². The maximum atomic E-state index is 14.8. The molecule has 2 aromatic rings. The van der Waals surface area contributed by atoms with E-state index in [4.69, 9.17) is 0 Å². The number of benzene rings is 2. The Labute approximate surface area is 210 Å². The lowest BCUT2D eigenvalue weighted by Crippen LogP contribution is -2.18. The first-order chi connectivity index (χ1) is 17.1. The van der Waals surface area contributed by atoms with Crippen molar-refractivity contribution < 1.29 is 27.4 Å². The molecule has 0 spiro atoms. The van der Waals surface area contributed by atoms with E-state index in [1.54, 1.807) is 42.5 Å². The molecule has 0 aliphatic heterocycles. The van der Waals surface area contributed by atoms with E-state index in [1.807, 2.05) is 6.92 Å². The summed E-state index contributed by atoms with van der Waals surface area (Å²) in [6, 6.07) is 9.73. The summed E-state index contributed by atoms with van der Waals surface area (Å²) in [7, 11) is 1.18. The number of hydrogen-bond donors (Lipinski definition) is 1. The molecule has 6 heteroatoms. The van der Waals surface area contributed by atoms with E-state index >= 15 is 0 Å². The molecule has 0 bridgehead atoms. The van der Waals surface area contributed by atoms with Crippen LogP contribution in [0.3, 0.4) is 0 Å². The molecule has 1 fully saturated rings. The third-order valence-corrected chi connectivity index (χ3v) is 5.91. The Bertz CT molecular complexity index is 1140. The smallest absolute Gasteiger partial charge is 0.200 e. The third kappa shape index (κ3) is 7.31. The first kappa shape index (κ1) is 28.9. The van der Waals surface area contributed by atoms with Crippen LogP contribution in [0.25, 0.3) is 17.2 Å². The van der Waals surface area contributed by atoms with Crippen molar-refractivity contribution in [2.24, 2.45) is 0 Å². The number of hydrogen-bond acceptors (Lipinski definition) is 2. The second-order valence-electron chi connectivity index (χ2n) is 8.48. The van der Waals surface area contributed by atoms with Crippen LogP contribution in [0.4, 0.5) is 17.6 Å². The molecule has 0 heterocycles. The van der Waals surface area contributed by atoms with Gasteiger partial charge in [-0.15, -0.1) is 6.58 Å². The van der Waals surface area contributed by atoms with Gasteiger partial charge in [-0.3, -0.25) is 0 Å². The SMILES string of the molecule is C=C(/C=C/c1ccc(-c2ccc(C3CCC(O)CC3)c(F)c2F)cc1)/C(F)=C(/F)C(=C)OC.C=CC. The summed E-state index contributed by atoms with van der Waals surface area (Å²) >= 11 is 0. The molecule has 1 aliphatic carbocycles. The maximum absolute atomic E-state index is 14.8. The Morgan fingerprint density at radius 1 is 0.944 bits per heavy atom. The minimum atomic E-state index is -1.23. The van der Waals surface area contributed by atoms with Gasteiger partial charge in [0.2, 0.25) is 5.83 Å². The first-order valence-corrected chi connectivity index (χ1v) is 11.6. The average molecular weight is 501 g/mol. The van der Waals surface area contributed by atoms with Gasteiger partial charge in [0.05, 0.1) is 13.2 Å². The van der Waals surface area contributed by atoms with Gasteiger partial charge >= 0.3 is 0 Å². The molecule has 1 aliphatic rings. The highest BCUT2D eigenvalue weighted by Crippen LogP contribution is 2.37. The van der Waals surface area contributed by atoms with Gasteiger partial charge in [0.25, 0.3) is 0 Å². The van der Waals surface area contributed by atoms with Crippen LogP contribution in [0.15, 0.2) is 91.3 Å². The van der Waals surface area contributed by atoms with E-state index in [0.717, 1.165) is 0 Å². The van der Waals surface area contributed by atoms with Gasteiger partial charge in [0, 0.05) is 11.1 Å². The number of rotatable bonds is 7. The number of allylic oxidation sites excluding steroid dienone is 5. The van der Waals surface area contributed by atoms with Crippen molar-refractivity contribution in [3.05, 3.63) is 114 Å². The largest absolute Gasteiger partial charge is 0.494 e. The van der Waals surface area contributed by atoms with Gasteiger partial charge in [0.1, 0.15) is 5.76 Å². The minimum Gasteiger partial charge on any atom is -0.494 e. The number of aliphatic hydroxyl groups is 1. The lowest BCUT2D eigenvalue weighted by molar-refractivity contribution is 0.122. The molecule has 1 N–H and O–H groups in total. The molecule has 0 atom stereocenters. The highest BCUT2D eigenvalue weighted by Gasteiger charge is 2.25. The Balaban J connectivity index is 0.00000145. The normalized spacial score (nSPS) is 18.1. The van der Waals surface area contributed by atoms with Crippen LogP contribution in [-0.2, 0) is 4.74 Å². The van der Waals surface area contributed by atoms with E-state index in [0.29, 0.717) is 42.4 Å². The van der Waals surface area contributed by atoms with Crippen molar-refractivity contribution in [3.8, 4) is 11.1 Å². The van der Waals surface area contributed by atoms with Crippen molar-refractivity contribution in [2.45, 2.75) is 44.6 Å². The highest BCUT2D eigenvalue weighted by atomic mass is 19.2. The molecule has 2 nitrogen and oxygen atoms in total. The molecule has 0 saturated heterocycles. The van der Waals surface area contributed by atoms with Crippen molar-refractivity contribution >= 4 is 6.08 Å². The van der Waals surface area contributed by atoms with E-state index in [-0.39, 0.29) is 23.2 Å². The van der Waals surface area contributed by atoms with Crippen LogP contribution in [0.2, 0.25) is 0 Å². The third-order valence-electron chi connectivity index (χ3n) is 5.91. The monoisotopic (exact) mass is 500 g/mol. The summed E-state index contributed by atoms with van der Waals surface area (Å²) in [6.45, 7) is 12.0. The molecule has 192 valence electrons. The van der Waals surface area contributed by atoms with Crippen molar-refractivity contribution in [1.29, 1.82) is 0 Å². The van der Waals surface area contributed by atoms with Crippen LogP contribution in [0.1, 0.15) is 49.7 Å². The lowest BCUT2D eigenvalue weighted by Gasteiger charge is -2.26. The highest BCUT2D eigenvalue weighted by molar-refractivity contribution is 5.67. The van der Waals surface area contributed by atoms with Gasteiger partial charge in [-0.1, -0.05) is 67.8 Å². The fourth-order valence-electron chi connectivity index (χ4n) is 3.89. The van der Waals surface area contributed by atoms with E-state index < -0.39 is 29.0 Å². The molecular formula is C30H32F4O2. The van der Waals surface area contributed by atoms with Gasteiger partial charge in [-0.05, 0) is 55.2 Å². The van der Waals surface area contributed by atoms with Crippen molar-refractivity contribution in [1.82, 2.24) is 0 Å². The zero-order chi connectivity index (χ0) is 26.8. The molecule has 0 radical (unpaired) electrons. The summed E-state index contributed by atoms with van der Waals surface area (Å²) < 4.78 is 62.0. The minimum absolute atomic E-state index is 0.0992. The van der Waals surface area contributed by atoms with Crippen LogP contribution in [0, 0.1) is 11.6 Å². The number of aliphatic hydroxyl groups excluding tert-OH is 1. The Morgan fingerprint density at radius 2 is 1.53 bits per heavy atom. The maximum Gasteiger partial charge on any atom is 0.200 e. The zero-order valence-corrected chi connectivity index (χ0v) is 20.7. The molecular weight excluding hydrogens is 468 g/mol. The predicted molar refractivity (Wildman–Crippen MR) is 138 cm³/mol. The Kier molecular flexibility index (Phi) is 10.9. The molecule has 0 amide bonds. The fraction of sp³-hybridized carbons (Fsp3) is 0.267. The summed E-state index contributed by atoms with van der Waals surface area (Å²) in [5.41, 5.74) is 1.41. The molecule has 36 heavy (non-hydrogen) atoms. The van der Waals surface area contributed by atoms with Crippen LogP contribution >= 0.6 is 0 Å². The number of methoxy groups -OCH3 is 1. The zero-order valence-electron chi connectivity index (χ0n) is 20.7. The number of halogens is 4. The second-order valence-corrected chi connectivity index (χ2v) is 8.48. The first-order valence-electron chi connectivity index (χ1n) is 11.6. The summed E-state index contributed by atoms with van der Waals surface area (Å²) in [4.78, 5) is 0. The summed E-state index contributed by atoms with van der Waals surface area (Å²) in [6.07, 6.45) is 6.62. The summed E-state index contributed by atoms with van der Waals surface area (Å²) in [5, 5.41) is 9.64. The molecule has 0 aromatic heterocycles. The Morgan fingerprint density at radius 3 is 2.08 bits per heavy atom. The van der Waals surface area contributed by atoms with Crippen molar-refractivity contribution in [3.63, 3.8) is 0 Å². The lowest BCUT2D eigenvalue weighted by atomic mass is 9.82. The Hall–Kier alpha value is -3.38. The van der Waals surface area contributed by atoms with Crippen LogP contribution in [0.5, 0.6) is 0 Å². The second kappa shape index (κ2) is 13.6.